The zero-order valence-electron chi connectivity index (χ0n) is 33.2. The molecule has 2 aromatic carbocycles. The van der Waals surface area contributed by atoms with E-state index in [4.69, 9.17) is 24.5 Å². The number of aromatic nitrogens is 2. The second-order valence-electron chi connectivity index (χ2n) is 14.3. The average Bonchev–Trinajstić information content (AvgIpc) is 3.60. The van der Waals surface area contributed by atoms with E-state index in [0.717, 1.165) is 15.8 Å². The van der Waals surface area contributed by atoms with Gasteiger partial charge in [0.05, 0.1) is 42.2 Å². The van der Waals surface area contributed by atoms with Crippen LogP contribution in [0.5, 0.6) is 5.75 Å². The largest absolute Gasteiger partial charge is 0.480 e. The first-order valence-corrected chi connectivity index (χ1v) is 20.4. The number of rotatable bonds is 16. The molecule has 21 heteroatoms. The van der Waals surface area contributed by atoms with Crippen molar-refractivity contribution in [3.63, 3.8) is 0 Å². The van der Waals surface area contributed by atoms with Crippen LogP contribution in [0.3, 0.4) is 0 Å². The van der Waals surface area contributed by atoms with Crippen molar-refractivity contribution in [3.8, 4) is 17.1 Å². The van der Waals surface area contributed by atoms with Gasteiger partial charge in [-0.05, 0) is 72.9 Å². The van der Waals surface area contributed by atoms with E-state index in [1.165, 1.54) is 31.1 Å². The summed E-state index contributed by atoms with van der Waals surface area (Å²) in [7, 11) is -1.73. The minimum atomic E-state index is -4.46. The van der Waals surface area contributed by atoms with Crippen molar-refractivity contribution in [2.45, 2.75) is 64.4 Å². The lowest BCUT2D eigenvalue weighted by atomic mass is 9.86. The molecule has 0 saturated heterocycles. The lowest BCUT2D eigenvalue weighted by molar-refractivity contribution is -0.172. The first-order valence-electron chi connectivity index (χ1n) is 18.9. The smallest absolute Gasteiger partial charge is 0.415 e. The monoisotopic (exact) mass is 846 g/mol. The summed E-state index contributed by atoms with van der Waals surface area (Å²) in [5.74, 6) is -2.68. The lowest BCUT2D eigenvalue weighted by Gasteiger charge is -2.31. The molecule has 2 amide bonds. The van der Waals surface area contributed by atoms with Crippen molar-refractivity contribution < 1.29 is 52.8 Å². The maximum Gasteiger partial charge on any atom is 0.415 e. The summed E-state index contributed by atoms with van der Waals surface area (Å²) in [5, 5.41) is 27.3. The Bertz CT molecular complexity index is 2540. The van der Waals surface area contributed by atoms with Crippen LogP contribution in [0, 0.1) is 0 Å². The highest BCUT2D eigenvalue weighted by Gasteiger charge is 2.45. The molecule has 4 N–H and O–H groups in total. The van der Waals surface area contributed by atoms with Gasteiger partial charge in [0.1, 0.15) is 18.4 Å². The Labute approximate surface area is 342 Å². The van der Waals surface area contributed by atoms with E-state index in [2.05, 4.69) is 15.3 Å². The SMILES string of the molecule is CCc1c2c(nc3ccc(OC(=O)N(C)CCN(C)P(=O)(O)OCC[C@H](NC(=O)c4ccc(CN=[N+]=[N-])cc4)C(=O)O)cc13)-c1cc3c(c(=O)n1C2)COC(=O)[C@]3(O)CC. The molecule has 2 aliphatic heterocycles. The van der Waals surface area contributed by atoms with Gasteiger partial charge in [-0.2, -0.15) is 0 Å². The number of carbonyl (C=O) groups is 4. The Morgan fingerprint density at radius 2 is 1.85 bits per heavy atom. The topological polar surface area (TPSA) is 276 Å². The number of azide groups is 1. The van der Waals surface area contributed by atoms with E-state index in [1.54, 1.807) is 47.9 Å². The van der Waals surface area contributed by atoms with Crippen molar-refractivity contribution in [2.24, 2.45) is 5.11 Å². The van der Waals surface area contributed by atoms with Crippen LogP contribution in [0.25, 0.3) is 32.7 Å². The van der Waals surface area contributed by atoms with Crippen LogP contribution in [0.4, 0.5) is 4.79 Å². The molecule has 20 nitrogen and oxygen atoms in total. The van der Waals surface area contributed by atoms with E-state index in [1.807, 2.05) is 6.92 Å². The van der Waals surface area contributed by atoms with Crippen LogP contribution in [0.2, 0.25) is 0 Å². The zero-order chi connectivity index (χ0) is 43.5. The minimum absolute atomic E-state index is 0.0202. The molecular weight excluding hydrogens is 803 g/mol. The predicted molar refractivity (Wildman–Crippen MR) is 214 cm³/mol. The number of fused-ring (bicyclic) bond motifs is 5. The number of pyridine rings is 2. The number of esters is 1. The van der Waals surface area contributed by atoms with E-state index in [0.29, 0.717) is 34.3 Å². The number of hydrogen-bond acceptors (Lipinski definition) is 12. The summed E-state index contributed by atoms with van der Waals surface area (Å²) in [5.41, 5.74) is 10.6. The zero-order valence-corrected chi connectivity index (χ0v) is 34.0. The summed E-state index contributed by atoms with van der Waals surface area (Å²) < 4.78 is 31.5. The van der Waals surface area contributed by atoms with Crippen LogP contribution >= 0.6 is 7.75 Å². The second-order valence-corrected chi connectivity index (χ2v) is 16.2. The van der Waals surface area contributed by atoms with Crippen molar-refractivity contribution in [3.05, 3.63) is 103 Å². The number of aliphatic hydroxyl groups is 1. The quantitative estimate of drug-likeness (QED) is 0.0356. The predicted octanol–water partition coefficient (Wildman–Crippen LogP) is 4.21. The Hall–Kier alpha value is -6.14. The maximum absolute atomic E-state index is 13.7. The third-order valence-electron chi connectivity index (χ3n) is 10.6. The Balaban J connectivity index is 1.06. The fourth-order valence-corrected chi connectivity index (χ4v) is 7.94. The van der Waals surface area contributed by atoms with Crippen LogP contribution < -0.4 is 15.6 Å². The first-order chi connectivity index (χ1) is 28.5. The summed E-state index contributed by atoms with van der Waals surface area (Å²) in [4.78, 5) is 83.1. The Kier molecular flexibility index (Phi) is 12.7. The molecule has 2 aromatic heterocycles. The van der Waals surface area contributed by atoms with Crippen LogP contribution in [-0.4, -0.2) is 98.0 Å². The number of cyclic esters (lactones) is 1. The number of likely N-dealkylation sites (N-methyl/N-ethyl adjacent to an activating group) is 2. The number of nitrogens with one attached hydrogen (secondary N) is 1. The van der Waals surface area contributed by atoms with Crippen LogP contribution in [0.15, 0.2) is 58.4 Å². The summed E-state index contributed by atoms with van der Waals surface area (Å²) in [6, 6.07) is 11.1. The molecule has 4 aromatic rings. The van der Waals surface area contributed by atoms with E-state index >= 15 is 0 Å². The van der Waals surface area contributed by atoms with Crippen molar-refractivity contribution >= 4 is 42.6 Å². The third kappa shape index (κ3) is 8.60. The molecule has 6 rings (SSSR count). The van der Waals surface area contributed by atoms with Gasteiger partial charge in [-0.3, -0.25) is 14.1 Å². The number of hydrogen-bond donors (Lipinski definition) is 4. The first kappa shape index (κ1) is 43.4. The molecule has 0 radical (unpaired) electrons. The van der Waals surface area contributed by atoms with Gasteiger partial charge in [0.2, 0.25) is 0 Å². The number of ether oxygens (including phenoxy) is 2. The molecule has 0 spiro atoms. The molecule has 316 valence electrons. The molecular formula is C39H43N8O12P. The average molecular weight is 847 g/mol. The standard InChI is InChI=1S/C39H43N8O12P/c1-5-25-26-17-24(11-12-30(26)42-33-27(25)20-47-32(33)18-29-28(35(47)49)21-57-37(52)39(29,54)6-2)59-38(53)45(3)14-15-46(4)60(55,56)58-16-13-31(36(50)51)43-34(48)23-9-7-22(8-10-23)19-41-44-40/h7-12,17-18,31,54H,5-6,13-16,19-21H2,1-4H3,(H,43,48)(H,50,51)(H,55,56)/t31-,39-/m0/s1. The molecule has 60 heavy (non-hydrogen) atoms. The number of carbonyl (C=O) groups excluding carboxylic acids is 3. The van der Waals surface area contributed by atoms with Crippen molar-refractivity contribution in [1.29, 1.82) is 0 Å². The number of carboxylic acids is 1. The second kappa shape index (κ2) is 17.6. The highest BCUT2D eigenvalue weighted by molar-refractivity contribution is 7.50. The van der Waals surface area contributed by atoms with Gasteiger partial charge in [0, 0.05) is 53.5 Å². The van der Waals surface area contributed by atoms with Gasteiger partial charge in [-0.15, -0.1) is 0 Å². The molecule has 4 heterocycles. The number of nitrogens with zero attached hydrogens (tertiary/aromatic N) is 7. The molecule has 2 aliphatic rings. The molecule has 1 unspecified atom stereocenters. The Morgan fingerprint density at radius 3 is 2.52 bits per heavy atom. The Morgan fingerprint density at radius 1 is 1.12 bits per heavy atom. The number of aliphatic carboxylic acids is 1. The molecule has 0 fully saturated rings. The van der Waals surface area contributed by atoms with Gasteiger partial charge in [-0.1, -0.05) is 31.1 Å². The normalized spacial score (nSPS) is 16.8. The number of amides is 2. The summed E-state index contributed by atoms with van der Waals surface area (Å²) in [6.45, 7) is 2.92. The van der Waals surface area contributed by atoms with E-state index in [-0.39, 0.29) is 73.6 Å². The van der Waals surface area contributed by atoms with E-state index in [9.17, 15) is 43.6 Å². The van der Waals surface area contributed by atoms with Crippen LogP contribution in [-0.2, 0) is 55.1 Å². The molecule has 0 saturated carbocycles. The third-order valence-corrected chi connectivity index (χ3v) is 12.2. The van der Waals surface area contributed by atoms with Gasteiger partial charge in [0.25, 0.3) is 11.5 Å². The van der Waals surface area contributed by atoms with Crippen molar-refractivity contribution in [1.82, 2.24) is 24.4 Å². The number of benzene rings is 2. The van der Waals surface area contributed by atoms with Gasteiger partial charge < -0.3 is 39.4 Å². The molecule has 0 bridgehead atoms. The van der Waals surface area contributed by atoms with Gasteiger partial charge in [-0.25, -0.2) is 28.6 Å². The highest BCUT2D eigenvalue weighted by atomic mass is 31.2. The number of aryl methyl sites for hydroxylation is 1. The number of carboxylic acid groups (broad SMARTS) is 1. The van der Waals surface area contributed by atoms with E-state index < -0.39 is 49.9 Å². The lowest BCUT2D eigenvalue weighted by Crippen LogP contribution is -2.44. The summed E-state index contributed by atoms with van der Waals surface area (Å²) >= 11 is 0. The van der Waals surface area contributed by atoms with Crippen LogP contribution in [0.1, 0.15) is 64.9 Å². The molecule has 3 atom stereocenters. The minimum Gasteiger partial charge on any atom is -0.480 e. The molecule has 0 aliphatic carbocycles. The highest BCUT2D eigenvalue weighted by Crippen LogP contribution is 2.45. The van der Waals surface area contributed by atoms with Gasteiger partial charge >= 0.3 is 25.8 Å². The fraction of sp³-hybridized carbons (Fsp3) is 0.385. The van der Waals surface area contributed by atoms with Gasteiger partial charge in [0.15, 0.2) is 5.60 Å². The maximum atomic E-state index is 13.7. The van der Waals surface area contributed by atoms with Crippen molar-refractivity contribution in [2.75, 3.05) is 33.8 Å². The summed E-state index contributed by atoms with van der Waals surface area (Å²) in [6.07, 6.45) is -0.538. The fourth-order valence-electron chi connectivity index (χ4n) is 7.06.